The summed E-state index contributed by atoms with van der Waals surface area (Å²) in [6.07, 6.45) is 0. The lowest BCUT2D eigenvalue weighted by Gasteiger charge is -2.45. The first kappa shape index (κ1) is 18.9. The van der Waals surface area contributed by atoms with Crippen LogP contribution in [0, 0.1) is 34.5 Å². The molecule has 118 valence electrons. The summed E-state index contributed by atoms with van der Waals surface area (Å²) < 4.78 is 0. The van der Waals surface area contributed by atoms with Crippen molar-refractivity contribution in [3.05, 3.63) is 0 Å². The Kier molecular flexibility index (Phi) is 5.82. The Morgan fingerprint density at radius 1 is 0.700 bits per heavy atom. The first-order chi connectivity index (χ1) is 8.77. The van der Waals surface area contributed by atoms with Gasteiger partial charge in [-0.3, -0.25) is 9.59 Å². The second-order valence-electron chi connectivity index (χ2n) is 7.58. The van der Waals surface area contributed by atoms with Crippen molar-refractivity contribution in [1.82, 2.24) is 0 Å². The van der Waals surface area contributed by atoms with Crippen LogP contribution in [-0.4, -0.2) is 22.2 Å². The largest absolute Gasteiger partial charge is 0.481 e. The van der Waals surface area contributed by atoms with Crippen molar-refractivity contribution >= 4 is 11.9 Å². The molecule has 0 aromatic carbocycles. The SMILES string of the molecule is CC(C)C(C)(C)C(C(=O)O)C(C(=O)O)C(C)(C)C(C)C. The van der Waals surface area contributed by atoms with Gasteiger partial charge in [0.25, 0.3) is 0 Å². The highest BCUT2D eigenvalue weighted by atomic mass is 16.4. The lowest BCUT2D eigenvalue weighted by molar-refractivity contribution is -0.168. The molecule has 0 radical (unpaired) electrons. The molecule has 0 aromatic rings. The van der Waals surface area contributed by atoms with E-state index in [1.807, 2.05) is 55.4 Å². The number of carboxylic acids is 2. The Labute approximate surface area is 122 Å². The molecule has 0 aliphatic rings. The number of carboxylic acid groups (broad SMARTS) is 2. The Bertz CT molecular complexity index is 331. The molecule has 0 saturated carbocycles. The van der Waals surface area contributed by atoms with Crippen LogP contribution >= 0.6 is 0 Å². The molecule has 2 atom stereocenters. The molecule has 0 saturated heterocycles. The fourth-order valence-electron chi connectivity index (χ4n) is 2.50. The predicted molar refractivity (Wildman–Crippen MR) is 79.5 cm³/mol. The summed E-state index contributed by atoms with van der Waals surface area (Å²) in [5, 5.41) is 19.3. The van der Waals surface area contributed by atoms with Gasteiger partial charge in [0, 0.05) is 0 Å². The van der Waals surface area contributed by atoms with E-state index in [0.29, 0.717) is 0 Å². The summed E-state index contributed by atoms with van der Waals surface area (Å²) in [5.41, 5.74) is -1.19. The monoisotopic (exact) mass is 286 g/mol. The maximum absolute atomic E-state index is 11.8. The van der Waals surface area contributed by atoms with E-state index in [9.17, 15) is 19.8 Å². The van der Waals surface area contributed by atoms with E-state index in [-0.39, 0.29) is 11.8 Å². The van der Waals surface area contributed by atoms with Crippen molar-refractivity contribution in [2.45, 2.75) is 55.4 Å². The molecule has 0 rings (SSSR count). The molecule has 4 nitrogen and oxygen atoms in total. The Morgan fingerprint density at radius 2 is 0.900 bits per heavy atom. The molecule has 2 N–H and O–H groups in total. The summed E-state index contributed by atoms with van der Waals surface area (Å²) in [5.74, 6) is -3.73. The van der Waals surface area contributed by atoms with Crippen LogP contribution in [0.5, 0.6) is 0 Å². The van der Waals surface area contributed by atoms with Crippen molar-refractivity contribution in [2.24, 2.45) is 34.5 Å². The van der Waals surface area contributed by atoms with E-state index in [0.717, 1.165) is 0 Å². The third-order valence-corrected chi connectivity index (χ3v) is 5.44. The molecular weight excluding hydrogens is 256 g/mol. The fraction of sp³-hybridized carbons (Fsp3) is 0.875. The maximum Gasteiger partial charge on any atom is 0.307 e. The lowest BCUT2D eigenvalue weighted by Crippen LogP contribution is -2.50. The van der Waals surface area contributed by atoms with Gasteiger partial charge >= 0.3 is 11.9 Å². The Hall–Kier alpha value is -1.06. The first-order valence-electron chi connectivity index (χ1n) is 7.23. The summed E-state index contributed by atoms with van der Waals surface area (Å²) in [6, 6.07) is 0. The molecule has 2 unspecified atom stereocenters. The third kappa shape index (κ3) is 3.53. The van der Waals surface area contributed by atoms with Crippen molar-refractivity contribution in [3.8, 4) is 0 Å². The second-order valence-corrected chi connectivity index (χ2v) is 7.58. The van der Waals surface area contributed by atoms with Crippen LogP contribution in [0.25, 0.3) is 0 Å². The average molecular weight is 286 g/mol. The quantitative estimate of drug-likeness (QED) is 0.747. The minimum atomic E-state index is -1.02. The van der Waals surface area contributed by atoms with Gasteiger partial charge in [-0.05, 0) is 22.7 Å². The van der Waals surface area contributed by atoms with Crippen molar-refractivity contribution in [3.63, 3.8) is 0 Å². The van der Waals surface area contributed by atoms with Gasteiger partial charge in [0.15, 0.2) is 0 Å². The van der Waals surface area contributed by atoms with E-state index in [1.54, 1.807) is 0 Å². The van der Waals surface area contributed by atoms with Crippen molar-refractivity contribution in [1.29, 1.82) is 0 Å². The van der Waals surface area contributed by atoms with Crippen LogP contribution in [0.2, 0.25) is 0 Å². The Morgan fingerprint density at radius 3 is 1.00 bits per heavy atom. The van der Waals surface area contributed by atoms with Crippen LogP contribution in [0.1, 0.15) is 55.4 Å². The summed E-state index contributed by atoms with van der Waals surface area (Å²) in [6.45, 7) is 15.2. The van der Waals surface area contributed by atoms with Gasteiger partial charge in [-0.25, -0.2) is 0 Å². The average Bonchev–Trinajstić information content (AvgIpc) is 2.23. The highest BCUT2D eigenvalue weighted by Gasteiger charge is 2.52. The smallest absolute Gasteiger partial charge is 0.307 e. The van der Waals surface area contributed by atoms with Crippen molar-refractivity contribution < 1.29 is 19.8 Å². The third-order valence-electron chi connectivity index (χ3n) is 5.44. The normalized spacial score (nSPS) is 16.3. The van der Waals surface area contributed by atoms with E-state index in [4.69, 9.17) is 0 Å². The number of carbonyl (C=O) groups is 2. The zero-order chi connectivity index (χ0) is 16.5. The van der Waals surface area contributed by atoms with E-state index in [2.05, 4.69) is 0 Å². The summed E-state index contributed by atoms with van der Waals surface area (Å²) in [7, 11) is 0. The fourth-order valence-corrected chi connectivity index (χ4v) is 2.50. The molecule has 4 heteroatoms. The zero-order valence-electron chi connectivity index (χ0n) is 14.0. The molecule has 0 heterocycles. The number of rotatable bonds is 7. The summed E-state index contributed by atoms with van der Waals surface area (Å²) >= 11 is 0. The van der Waals surface area contributed by atoms with E-state index >= 15 is 0 Å². The van der Waals surface area contributed by atoms with Crippen molar-refractivity contribution in [2.75, 3.05) is 0 Å². The van der Waals surface area contributed by atoms with Crippen LogP contribution in [-0.2, 0) is 9.59 Å². The van der Waals surface area contributed by atoms with Gasteiger partial charge in [0.05, 0.1) is 11.8 Å². The first-order valence-corrected chi connectivity index (χ1v) is 7.23. The molecule has 0 amide bonds. The van der Waals surface area contributed by atoms with Gasteiger partial charge in [0.2, 0.25) is 0 Å². The highest BCUT2D eigenvalue weighted by Crippen LogP contribution is 2.48. The molecule has 0 spiro atoms. The number of hydrogen-bond acceptors (Lipinski definition) is 2. The molecule has 20 heavy (non-hydrogen) atoms. The lowest BCUT2D eigenvalue weighted by atomic mass is 9.57. The Balaban J connectivity index is 5.99. The number of aliphatic carboxylic acids is 2. The molecule has 0 aliphatic carbocycles. The molecular formula is C16H30O4. The van der Waals surface area contributed by atoms with Gasteiger partial charge in [0.1, 0.15) is 0 Å². The van der Waals surface area contributed by atoms with Gasteiger partial charge in [-0.2, -0.15) is 0 Å². The van der Waals surface area contributed by atoms with Gasteiger partial charge in [-0.1, -0.05) is 55.4 Å². The highest BCUT2D eigenvalue weighted by molar-refractivity contribution is 5.81. The standard InChI is InChI=1S/C16H30O4/c1-9(2)15(5,6)11(13(17)18)12(14(19)20)16(7,8)10(3)4/h9-12H,1-8H3,(H,17,18)(H,19,20). The molecule has 0 aliphatic heterocycles. The molecule has 0 bridgehead atoms. The van der Waals surface area contributed by atoms with Gasteiger partial charge in [-0.15, -0.1) is 0 Å². The summed E-state index contributed by atoms with van der Waals surface area (Å²) in [4.78, 5) is 23.6. The minimum absolute atomic E-state index is 0.0772. The van der Waals surface area contributed by atoms with E-state index < -0.39 is 34.6 Å². The predicted octanol–water partition coefficient (Wildman–Crippen LogP) is 3.75. The second kappa shape index (κ2) is 6.15. The van der Waals surface area contributed by atoms with Crippen LogP contribution in [0.4, 0.5) is 0 Å². The number of hydrogen-bond donors (Lipinski definition) is 2. The molecule has 0 fully saturated rings. The minimum Gasteiger partial charge on any atom is -0.481 e. The van der Waals surface area contributed by atoms with Gasteiger partial charge < -0.3 is 10.2 Å². The molecule has 0 aromatic heterocycles. The van der Waals surface area contributed by atoms with Crippen LogP contribution in [0.15, 0.2) is 0 Å². The topological polar surface area (TPSA) is 74.6 Å². The van der Waals surface area contributed by atoms with Crippen LogP contribution in [0.3, 0.4) is 0 Å². The van der Waals surface area contributed by atoms with E-state index in [1.165, 1.54) is 0 Å². The van der Waals surface area contributed by atoms with Crippen LogP contribution < -0.4 is 0 Å². The zero-order valence-corrected chi connectivity index (χ0v) is 14.0. The maximum atomic E-state index is 11.8.